The Hall–Kier alpha value is -1.63. The van der Waals surface area contributed by atoms with Gasteiger partial charge in [0.2, 0.25) is 5.69 Å². The van der Waals surface area contributed by atoms with Crippen molar-refractivity contribution < 1.29 is 4.57 Å². The molecule has 0 radical (unpaired) electrons. The summed E-state index contributed by atoms with van der Waals surface area (Å²) in [6.07, 6.45) is 10.7. The van der Waals surface area contributed by atoms with Crippen LogP contribution >= 0.6 is 0 Å². The maximum Gasteiger partial charge on any atom is 0.212 e. The van der Waals surface area contributed by atoms with E-state index in [9.17, 15) is 0 Å². The van der Waals surface area contributed by atoms with Gasteiger partial charge in [0.15, 0.2) is 6.20 Å². The van der Waals surface area contributed by atoms with Gasteiger partial charge >= 0.3 is 0 Å². The Morgan fingerprint density at radius 1 is 0.960 bits per heavy atom. The van der Waals surface area contributed by atoms with Crippen LogP contribution in [0, 0.1) is 12.3 Å². The minimum absolute atomic E-state index is 0.193. The average molecular weight is 335 g/mol. The molecule has 1 spiro atoms. The van der Waals surface area contributed by atoms with Gasteiger partial charge in [-0.15, -0.1) is 0 Å². The van der Waals surface area contributed by atoms with Gasteiger partial charge in [-0.3, -0.25) is 0 Å². The molecule has 4 rings (SSSR count). The van der Waals surface area contributed by atoms with Gasteiger partial charge in [-0.2, -0.15) is 0 Å². The van der Waals surface area contributed by atoms with Gasteiger partial charge in [0.25, 0.3) is 0 Å². The van der Waals surface area contributed by atoms with Crippen LogP contribution in [0.15, 0.2) is 30.5 Å². The third kappa shape index (κ3) is 2.92. The van der Waals surface area contributed by atoms with Crippen molar-refractivity contribution in [1.82, 2.24) is 0 Å². The van der Waals surface area contributed by atoms with E-state index in [4.69, 9.17) is 0 Å². The molecule has 0 aliphatic heterocycles. The second kappa shape index (κ2) is 5.69. The third-order valence-electron chi connectivity index (χ3n) is 6.62. The average Bonchev–Trinajstić information content (AvgIpc) is 3.12. The standard InChI is InChI=1S/C24H32N/c1-17-12-18-14-24(10-6-7-11-24)15-19(18)13-21(17)22-9-8-20(16-25(22)5)23(2,3)4/h8-9,12-13,16H,6-7,10-11,14-15H2,1-5H3/q+1. The van der Waals surface area contributed by atoms with Crippen molar-refractivity contribution in [3.05, 3.63) is 52.7 Å². The van der Waals surface area contributed by atoms with Crippen molar-refractivity contribution in [2.45, 2.75) is 71.6 Å². The van der Waals surface area contributed by atoms with E-state index in [1.165, 1.54) is 60.9 Å². The number of aryl methyl sites for hydroxylation is 2. The molecule has 1 saturated carbocycles. The lowest BCUT2D eigenvalue weighted by Crippen LogP contribution is -2.33. The number of nitrogens with zero attached hydrogens (tertiary/aromatic N) is 1. The molecule has 1 aromatic heterocycles. The first-order valence-corrected chi connectivity index (χ1v) is 9.90. The number of rotatable bonds is 1. The molecule has 2 aliphatic rings. The van der Waals surface area contributed by atoms with E-state index in [1.807, 2.05) is 0 Å². The molecule has 2 aromatic rings. The molecule has 132 valence electrons. The number of hydrogen-bond donors (Lipinski definition) is 0. The summed E-state index contributed by atoms with van der Waals surface area (Å²) in [5.74, 6) is 0. The van der Waals surface area contributed by atoms with E-state index in [0.717, 1.165) is 0 Å². The van der Waals surface area contributed by atoms with Gasteiger partial charge < -0.3 is 0 Å². The Balaban J connectivity index is 1.73. The van der Waals surface area contributed by atoms with Gasteiger partial charge in [-0.05, 0) is 72.3 Å². The zero-order chi connectivity index (χ0) is 17.8. The molecule has 0 saturated heterocycles. The fraction of sp³-hybridized carbons (Fsp3) is 0.542. The predicted molar refractivity (Wildman–Crippen MR) is 105 cm³/mol. The van der Waals surface area contributed by atoms with E-state index < -0.39 is 0 Å². The number of aromatic nitrogens is 1. The molecule has 25 heavy (non-hydrogen) atoms. The van der Waals surface area contributed by atoms with Crippen LogP contribution < -0.4 is 4.57 Å². The van der Waals surface area contributed by atoms with Gasteiger partial charge in [0, 0.05) is 17.2 Å². The first-order valence-electron chi connectivity index (χ1n) is 9.90. The minimum Gasteiger partial charge on any atom is -0.201 e. The van der Waals surface area contributed by atoms with Gasteiger partial charge in [-0.25, -0.2) is 4.57 Å². The van der Waals surface area contributed by atoms with E-state index in [1.54, 1.807) is 11.1 Å². The number of hydrogen-bond acceptors (Lipinski definition) is 0. The quantitative estimate of drug-likeness (QED) is 0.611. The summed E-state index contributed by atoms with van der Waals surface area (Å²) in [6, 6.07) is 9.61. The van der Waals surface area contributed by atoms with Crippen molar-refractivity contribution in [1.29, 1.82) is 0 Å². The SMILES string of the molecule is Cc1cc2c(cc1-c1ccc(C(C)(C)C)c[n+]1C)CC1(CCCC1)C2. The lowest BCUT2D eigenvalue weighted by atomic mass is 9.83. The normalized spacial score (nSPS) is 18.8. The molecule has 0 bridgehead atoms. The van der Waals surface area contributed by atoms with Crippen LogP contribution in [0.5, 0.6) is 0 Å². The summed E-state index contributed by atoms with van der Waals surface area (Å²) in [6.45, 7) is 9.13. The highest BCUT2D eigenvalue weighted by atomic mass is 14.9. The van der Waals surface area contributed by atoms with Crippen LogP contribution in [0.2, 0.25) is 0 Å². The van der Waals surface area contributed by atoms with E-state index in [2.05, 4.69) is 69.8 Å². The van der Waals surface area contributed by atoms with E-state index in [-0.39, 0.29) is 5.41 Å². The van der Waals surface area contributed by atoms with Gasteiger partial charge in [0.1, 0.15) is 7.05 Å². The number of fused-ring (bicyclic) bond motifs is 1. The highest BCUT2D eigenvalue weighted by Crippen LogP contribution is 2.49. The van der Waals surface area contributed by atoms with Crippen LogP contribution in [-0.2, 0) is 25.3 Å². The van der Waals surface area contributed by atoms with E-state index in [0.29, 0.717) is 5.41 Å². The summed E-state index contributed by atoms with van der Waals surface area (Å²) in [5, 5.41) is 0. The summed E-state index contributed by atoms with van der Waals surface area (Å²) in [4.78, 5) is 0. The van der Waals surface area contributed by atoms with Crippen molar-refractivity contribution in [2.24, 2.45) is 12.5 Å². The maximum absolute atomic E-state index is 2.50. The van der Waals surface area contributed by atoms with Crippen LogP contribution in [0.25, 0.3) is 11.3 Å². The van der Waals surface area contributed by atoms with Crippen LogP contribution in [0.4, 0.5) is 0 Å². The Morgan fingerprint density at radius 3 is 2.20 bits per heavy atom. The monoisotopic (exact) mass is 334 g/mol. The predicted octanol–water partition coefficient (Wildman–Crippen LogP) is 5.44. The molecule has 1 aromatic carbocycles. The molecule has 0 unspecified atom stereocenters. The molecule has 0 N–H and O–H groups in total. The molecule has 1 fully saturated rings. The smallest absolute Gasteiger partial charge is 0.201 e. The minimum atomic E-state index is 0.193. The van der Waals surface area contributed by atoms with Crippen LogP contribution in [0.3, 0.4) is 0 Å². The van der Waals surface area contributed by atoms with Crippen LogP contribution in [-0.4, -0.2) is 0 Å². The third-order valence-corrected chi connectivity index (χ3v) is 6.62. The van der Waals surface area contributed by atoms with Gasteiger partial charge in [0.05, 0.1) is 0 Å². The maximum atomic E-state index is 2.50. The van der Waals surface area contributed by atoms with Crippen molar-refractivity contribution >= 4 is 0 Å². The van der Waals surface area contributed by atoms with Crippen molar-refractivity contribution in [3.8, 4) is 11.3 Å². The Kier molecular flexibility index (Phi) is 3.83. The van der Waals surface area contributed by atoms with E-state index >= 15 is 0 Å². The largest absolute Gasteiger partial charge is 0.212 e. The lowest BCUT2D eigenvalue weighted by Gasteiger charge is -2.21. The second-order valence-electron chi connectivity index (χ2n) is 9.66. The first kappa shape index (κ1) is 16.8. The highest BCUT2D eigenvalue weighted by Gasteiger charge is 2.39. The molecule has 1 heterocycles. The van der Waals surface area contributed by atoms with Crippen molar-refractivity contribution in [3.63, 3.8) is 0 Å². The second-order valence-corrected chi connectivity index (χ2v) is 9.66. The fourth-order valence-electron chi connectivity index (χ4n) is 5.10. The lowest BCUT2D eigenvalue weighted by molar-refractivity contribution is -0.661. The molecule has 2 aliphatic carbocycles. The summed E-state index contributed by atoms with van der Waals surface area (Å²) >= 11 is 0. The Bertz CT molecular complexity index is 817. The zero-order valence-corrected chi connectivity index (χ0v) is 16.6. The number of pyridine rings is 1. The van der Waals surface area contributed by atoms with Crippen molar-refractivity contribution in [2.75, 3.05) is 0 Å². The zero-order valence-electron chi connectivity index (χ0n) is 16.6. The molecular formula is C24H32N+. The molecular weight excluding hydrogens is 302 g/mol. The Labute approximate surface area is 153 Å². The fourth-order valence-corrected chi connectivity index (χ4v) is 5.10. The highest BCUT2D eigenvalue weighted by molar-refractivity contribution is 5.64. The summed E-state index contributed by atoms with van der Waals surface area (Å²) in [7, 11) is 2.19. The van der Waals surface area contributed by atoms with Crippen LogP contribution in [0.1, 0.15) is 68.7 Å². The molecule has 1 heteroatoms. The molecule has 0 amide bonds. The topological polar surface area (TPSA) is 3.88 Å². The van der Waals surface area contributed by atoms with Gasteiger partial charge in [-0.1, -0.05) is 39.7 Å². The molecule has 1 nitrogen and oxygen atoms in total. The first-order chi connectivity index (χ1) is 11.8. The number of benzene rings is 1. The molecule has 0 atom stereocenters. The Morgan fingerprint density at radius 2 is 1.60 bits per heavy atom. The summed E-state index contributed by atoms with van der Waals surface area (Å²) in [5.41, 5.74) is 9.59. The summed E-state index contributed by atoms with van der Waals surface area (Å²) < 4.78 is 2.32.